The van der Waals surface area contributed by atoms with E-state index in [1.807, 2.05) is 0 Å². The number of aryl methyl sites for hydroxylation is 1. The standard InChI is InChI=1S/C72H62BN3O/c1-45-38-65-69-66(39-45)76(52-31-34-56-55-25-17-19-27-67(55)77-68(56)44-52)64-43-51(74(49-22-14-11-15-23-49)62-37-29-47(70(2,3)4)40-57(62)46-20-12-10-13-21-46)32-36-61(64)73(69)60-35-28-48(71(5,6)7)41-63(60)75(65)50-30-33-54-53-24-16-18-26-58(53)72(8,9)59(54)42-50/h10-44H,1-9H3. The van der Waals surface area contributed by atoms with Gasteiger partial charge >= 0.3 is 0 Å². The Morgan fingerprint density at radius 2 is 1.03 bits per heavy atom. The van der Waals surface area contributed by atoms with E-state index in [0.717, 1.165) is 50.4 Å². The third-order valence-electron chi connectivity index (χ3n) is 17.0. The minimum absolute atomic E-state index is 0.0419. The Kier molecular flexibility index (Phi) is 10.4. The molecule has 374 valence electrons. The van der Waals surface area contributed by atoms with Crippen molar-refractivity contribution in [2.45, 2.75) is 78.6 Å². The summed E-state index contributed by atoms with van der Waals surface area (Å²) in [6, 6.07) is 79.7. The summed E-state index contributed by atoms with van der Waals surface area (Å²) in [6.07, 6.45) is 0. The highest BCUT2D eigenvalue weighted by Gasteiger charge is 2.45. The third-order valence-corrected chi connectivity index (χ3v) is 17.0. The third kappa shape index (κ3) is 7.34. The van der Waals surface area contributed by atoms with Crippen LogP contribution in [0.1, 0.15) is 83.2 Å². The molecule has 0 fully saturated rings. The number of fused-ring (bicyclic) bond motifs is 10. The summed E-state index contributed by atoms with van der Waals surface area (Å²) in [6.45, 7) is 20.9. The second-order valence-corrected chi connectivity index (χ2v) is 24.3. The summed E-state index contributed by atoms with van der Waals surface area (Å²) < 4.78 is 6.72. The van der Waals surface area contributed by atoms with Crippen LogP contribution in [-0.2, 0) is 16.2 Å². The molecule has 0 radical (unpaired) electrons. The Hall–Kier alpha value is -8.54. The van der Waals surface area contributed by atoms with E-state index in [-0.39, 0.29) is 23.0 Å². The van der Waals surface area contributed by atoms with Crippen molar-refractivity contribution in [3.05, 3.63) is 240 Å². The Bertz CT molecular complexity index is 4190. The van der Waals surface area contributed by atoms with Gasteiger partial charge in [0.05, 0.1) is 5.69 Å². The molecular weight excluding hydrogens is 934 g/mol. The van der Waals surface area contributed by atoms with E-state index in [1.54, 1.807) is 0 Å². The molecule has 0 unspecified atom stereocenters. The van der Waals surface area contributed by atoms with Crippen LogP contribution in [0.15, 0.2) is 217 Å². The fourth-order valence-corrected chi connectivity index (χ4v) is 13.0. The van der Waals surface area contributed by atoms with Crippen LogP contribution in [0.25, 0.3) is 44.2 Å². The monoisotopic (exact) mass is 995 g/mol. The predicted octanol–water partition coefficient (Wildman–Crippen LogP) is 18.0. The van der Waals surface area contributed by atoms with Crippen LogP contribution in [0, 0.1) is 6.92 Å². The molecule has 0 amide bonds. The van der Waals surface area contributed by atoms with Gasteiger partial charge in [-0.25, -0.2) is 0 Å². The van der Waals surface area contributed by atoms with E-state index >= 15 is 0 Å². The van der Waals surface area contributed by atoms with Gasteiger partial charge in [0.15, 0.2) is 0 Å². The number of benzene rings is 10. The Balaban J connectivity index is 1.04. The van der Waals surface area contributed by atoms with Gasteiger partial charge < -0.3 is 19.1 Å². The van der Waals surface area contributed by atoms with Gasteiger partial charge in [-0.05, 0) is 164 Å². The summed E-state index contributed by atoms with van der Waals surface area (Å²) in [4.78, 5) is 7.59. The molecule has 77 heavy (non-hydrogen) atoms. The maximum atomic E-state index is 6.72. The quantitative estimate of drug-likeness (QED) is 0.155. The molecule has 0 bridgehead atoms. The fraction of sp³-hybridized carbons (Fsp3) is 0.167. The zero-order valence-electron chi connectivity index (χ0n) is 45.5. The lowest BCUT2D eigenvalue weighted by Gasteiger charge is -2.45. The first-order valence-corrected chi connectivity index (χ1v) is 27.4. The average Bonchev–Trinajstić information content (AvgIpc) is 4.04. The number of anilines is 9. The molecular formula is C72H62BN3O. The number of hydrogen-bond donors (Lipinski definition) is 0. The maximum Gasteiger partial charge on any atom is 0.252 e. The molecule has 11 aromatic rings. The largest absolute Gasteiger partial charge is 0.456 e. The smallest absolute Gasteiger partial charge is 0.252 e. The first-order valence-electron chi connectivity index (χ1n) is 27.4. The topological polar surface area (TPSA) is 22.9 Å². The molecule has 4 nitrogen and oxygen atoms in total. The summed E-state index contributed by atoms with van der Waals surface area (Å²) in [5.74, 6) is 0. The zero-order chi connectivity index (χ0) is 52.7. The van der Waals surface area contributed by atoms with E-state index in [2.05, 4.69) is 289 Å². The van der Waals surface area contributed by atoms with E-state index in [9.17, 15) is 0 Å². The van der Waals surface area contributed by atoms with Gasteiger partial charge in [-0.3, -0.25) is 0 Å². The SMILES string of the molecule is Cc1cc2c3c(c1)N(c1ccc4c(c1)C(C)(C)c1ccccc1-4)c1cc(C(C)(C)C)ccc1B3c1ccc(N(c3ccccc3)c3ccc(C(C)(C)C)cc3-c3ccccc3)cc1N2c1ccc2c(c1)oc1ccccc12. The number of hydrogen-bond acceptors (Lipinski definition) is 4. The van der Waals surface area contributed by atoms with Crippen LogP contribution in [0.4, 0.5) is 51.2 Å². The normalized spacial score (nSPS) is 14.1. The molecule has 0 saturated carbocycles. The minimum atomic E-state index is -0.157. The zero-order valence-corrected chi connectivity index (χ0v) is 45.5. The molecule has 2 aliphatic heterocycles. The molecule has 1 aromatic heterocycles. The van der Waals surface area contributed by atoms with Crippen molar-refractivity contribution in [2.24, 2.45) is 0 Å². The second-order valence-electron chi connectivity index (χ2n) is 24.3. The van der Waals surface area contributed by atoms with Crippen LogP contribution >= 0.6 is 0 Å². The summed E-state index contributed by atoms with van der Waals surface area (Å²) >= 11 is 0. The van der Waals surface area contributed by atoms with Gasteiger partial charge in [0.25, 0.3) is 6.71 Å². The first kappa shape index (κ1) is 47.0. The van der Waals surface area contributed by atoms with Crippen LogP contribution in [0.5, 0.6) is 0 Å². The highest BCUT2D eigenvalue weighted by atomic mass is 16.3. The van der Waals surface area contributed by atoms with Gasteiger partial charge in [0, 0.05) is 73.3 Å². The van der Waals surface area contributed by atoms with Crippen molar-refractivity contribution in [1.82, 2.24) is 0 Å². The van der Waals surface area contributed by atoms with Crippen molar-refractivity contribution >= 4 is 96.2 Å². The lowest BCUT2D eigenvalue weighted by atomic mass is 9.33. The molecule has 3 heterocycles. The first-order chi connectivity index (χ1) is 37.1. The number of furan rings is 1. The van der Waals surface area contributed by atoms with E-state index in [1.165, 1.54) is 89.2 Å². The van der Waals surface area contributed by atoms with Crippen molar-refractivity contribution in [3.63, 3.8) is 0 Å². The van der Waals surface area contributed by atoms with Crippen molar-refractivity contribution in [3.8, 4) is 22.3 Å². The molecule has 1 aliphatic carbocycles. The highest BCUT2D eigenvalue weighted by molar-refractivity contribution is 7.00. The van der Waals surface area contributed by atoms with Gasteiger partial charge in [-0.2, -0.15) is 0 Å². The van der Waals surface area contributed by atoms with Crippen molar-refractivity contribution in [1.29, 1.82) is 0 Å². The van der Waals surface area contributed by atoms with Crippen LogP contribution < -0.4 is 31.1 Å². The predicted molar refractivity (Wildman–Crippen MR) is 328 cm³/mol. The van der Waals surface area contributed by atoms with Gasteiger partial charge in [-0.15, -0.1) is 0 Å². The van der Waals surface area contributed by atoms with E-state index in [4.69, 9.17) is 4.42 Å². The summed E-state index contributed by atoms with van der Waals surface area (Å²) in [5.41, 5.74) is 27.1. The van der Waals surface area contributed by atoms with Gasteiger partial charge in [0.2, 0.25) is 0 Å². The molecule has 5 heteroatoms. The minimum Gasteiger partial charge on any atom is -0.456 e. The fourth-order valence-electron chi connectivity index (χ4n) is 13.0. The van der Waals surface area contributed by atoms with Crippen molar-refractivity contribution < 1.29 is 4.42 Å². The van der Waals surface area contributed by atoms with E-state index < -0.39 is 0 Å². The lowest BCUT2D eigenvalue weighted by Crippen LogP contribution is -2.61. The van der Waals surface area contributed by atoms with Crippen LogP contribution in [0.3, 0.4) is 0 Å². The molecule has 0 saturated heterocycles. The van der Waals surface area contributed by atoms with Crippen LogP contribution in [-0.4, -0.2) is 6.71 Å². The maximum absolute atomic E-state index is 6.72. The van der Waals surface area contributed by atoms with Crippen LogP contribution in [0.2, 0.25) is 0 Å². The van der Waals surface area contributed by atoms with Crippen molar-refractivity contribution in [2.75, 3.05) is 14.7 Å². The summed E-state index contributed by atoms with van der Waals surface area (Å²) in [5, 5.41) is 2.23. The second kappa shape index (κ2) is 17.0. The molecule has 0 N–H and O–H groups in total. The Labute approximate surface area is 454 Å². The highest BCUT2D eigenvalue weighted by Crippen LogP contribution is 2.53. The summed E-state index contributed by atoms with van der Waals surface area (Å²) in [7, 11) is 0. The number of rotatable bonds is 6. The average molecular weight is 996 g/mol. The van der Waals surface area contributed by atoms with Gasteiger partial charge in [-0.1, -0.05) is 177 Å². The van der Waals surface area contributed by atoms with Gasteiger partial charge in [0.1, 0.15) is 11.2 Å². The molecule has 0 atom stereocenters. The van der Waals surface area contributed by atoms with E-state index in [0.29, 0.717) is 0 Å². The molecule has 3 aliphatic rings. The Morgan fingerprint density at radius 1 is 0.442 bits per heavy atom. The number of nitrogens with zero attached hydrogens (tertiary/aromatic N) is 3. The Morgan fingerprint density at radius 3 is 1.77 bits per heavy atom. The number of para-hydroxylation sites is 2. The molecule has 0 spiro atoms. The lowest BCUT2D eigenvalue weighted by molar-refractivity contribution is 0.590. The molecule has 10 aromatic carbocycles. The molecule has 14 rings (SSSR count).